The van der Waals surface area contributed by atoms with Crippen LogP contribution in [0.1, 0.15) is 37.9 Å². The summed E-state index contributed by atoms with van der Waals surface area (Å²) in [7, 11) is 1.96. The Morgan fingerprint density at radius 3 is 2.83 bits per heavy atom. The molecule has 5 nitrogen and oxygen atoms in total. The Labute approximate surface area is 137 Å². The second kappa shape index (κ2) is 5.64. The number of aryl methyl sites for hydroxylation is 2. The molecule has 3 rings (SSSR count). The second-order valence-corrected chi connectivity index (χ2v) is 7.25. The number of fused-ring (bicyclic) bond motifs is 1. The van der Waals surface area contributed by atoms with Crippen molar-refractivity contribution in [3.63, 3.8) is 0 Å². The van der Waals surface area contributed by atoms with Crippen LogP contribution < -0.4 is 11.1 Å². The molecule has 1 aromatic carbocycles. The molecule has 0 aliphatic carbocycles. The number of nitrogens with two attached hydrogens (primary N) is 1. The van der Waals surface area contributed by atoms with E-state index in [4.69, 9.17) is 10.8 Å². The smallest absolute Gasteiger partial charge is 0.223 e. The Balaban J connectivity index is 2.14. The van der Waals surface area contributed by atoms with E-state index in [-0.39, 0.29) is 17.9 Å². The average molecular weight is 314 g/mol. The predicted molar refractivity (Wildman–Crippen MR) is 92.2 cm³/mol. The minimum absolute atomic E-state index is 0.129. The molecule has 1 fully saturated rings. The predicted octanol–water partition coefficient (Wildman–Crippen LogP) is 2.01. The molecular formula is C18H26N4O. The van der Waals surface area contributed by atoms with Gasteiger partial charge in [0.05, 0.1) is 17.1 Å². The van der Waals surface area contributed by atoms with Gasteiger partial charge in [-0.1, -0.05) is 32.0 Å². The van der Waals surface area contributed by atoms with E-state index in [1.807, 2.05) is 17.8 Å². The highest BCUT2D eigenvalue weighted by Gasteiger charge is 2.44. The summed E-state index contributed by atoms with van der Waals surface area (Å²) in [5, 5.41) is 9.34. The molecular weight excluding hydrogens is 288 g/mol. The molecule has 1 aromatic heterocycles. The first-order valence-corrected chi connectivity index (χ1v) is 8.29. The van der Waals surface area contributed by atoms with Gasteiger partial charge in [-0.3, -0.25) is 9.48 Å². The maximum absolute atomic E-state index is 12.3. The number of aromatic nitrogens is 2. The van der Waals surface area contributed by atoms with Crippen LogP contribution in [0.25, 0.3) is 10.9 Å². The molecule has 124 valence electrons. The molecule has 3 N–H and O–H groups in total. The molecule has 0 saturated carbocycles. The van der Waals surface area contributed by atoms with Gasteiger partial charge in [-0.25, -0.2) is 0 Å². The fourth-order valence-corrected chi connectivity index (χ4v) is 4.21. The van der Waals surface area contributed by atoms with E-state index >= 15 is 0 Å². The Bertz CT molecular complexity index is 741. The van der Waals surface area contributed by atoms with Gasteiger partial charge in [-0.15, -0.1) is 0 Å². The zero-order valence-corrected chi connectivity index (χ0v) is 14.4. The molecule has 2 atom stereocenters. The quantitative estimate of drug-likeness (QED) is 0.907. The third-order valence-corrected chi connectivity index (χ3v) is 5.26. The van der Waals surface area contributed by atoms with Crippen molar-refractivity contribution in [2.75, 3.05) is 6.54 Å². The van der Waals surface area contributed by atoms with Crippen molar-refractivity contribution in [2.45, 2.75) is 45.1 Å². The van der Waals surface area contributed by atoms with Crippen LogP contribution in [0, 0.1) is 12.8 Å². The summed E-state index contributed by atoms with van der Waals surface area (Å²) < 4.78 is 1.92. The number of rotatable bonds is 4. The number of para-hydroxylation sites is 1. The minimum atomic E-state index is -0.429. The Kier molecular flexibility index (Phi) is 3.92. The van der Waals surface area contributed by atoms with E-state index in [1.54, 1.807) is 0 Å². The molecule has 0 spiro atoms. The van der Waals surface area contributed by atoms with Gasteiger partial charge in [0.25, 0.3) is 0 Å². The number of amides is 1. The summed E-state index contributed by atoms with van der Waals surface area (Å²) in [5.41, 5.74) is 8.64. The first-order chi connectivity index (χ1) is 10.8. The van der Waals surface area contributed by atoms with Crippen molar-refractivity contribution in [2.24, 2.45) is 18.7 Å². The summed E-state index contributed by atoms with van der Waals surface area (Å²) in [4.78, 5) is 12.3. The number of benzene rings is 1. The number of carbonyl (C=O) groups is 1. The Morgan fingerprint density at radius 2 is 2.22 bits per heavy atom. The van der Waals surface area contributed by atoms with Crippen LogP contribution in [0.15, 0.2) is 18.2 Å². The maximum Gasteiger partial charge on any atom is 0.223 e. The van der Waals surface area contributed by atoms with E-state index in [9.17, 15) is 4.79 Å². The average Bonchev–Trinajstić information content (AvgIpc) is 3.07. The van der Waals surface area contributed by atoms with Crippen LogP contribution >= 0.6 is 0 Å². The first kappa shape index (κ1) is 16.0. The topological polar surface area (TPSA) is 72.9 Å². The highest BCUT2D eigenvalue weighted by Crippen LogP contribution is 2.39. The SMILES string of the molecule is Cc1cccc2c(C(C)(C)C(C(N)=O)C3CCCN3)nn(C)c12. The number of nitrogens with zero attached hydrogens (tertiary/aromatic N) is 2. The molecule has 0 radical (unpaired) electrons. The highest BCUT2D eigenvalue weighted by molar-refractivity contribution is 5.87. The van der Waals surface area contributed by atoms with Crippen molar-refractivity contribution < 1.29 is 4.79 Å². The zero-order chi connectivity index (χ0) is 16.8. The fourth-order valence-electron chi connectivity index (χ4n) is 4.21. The normalized spacial score (nSPS) is 20.1. The molecule has 23 heavy (non-hydrogen) atoms. The molecule has 2 heterocycles. The van der Waals surface area contributed by atoms with Crippen LogP contribution in [0.5, 0.6) is 0 Å². The summed E-state index contributed by atoms with van der Waals surface area (Å²) in [5.74, 6) is -0.524. The van der Waals surface area contributed by atoms with Crippen molar-refractivity contribution in [1.29, 1.82) is 0 Å². The van der Waals surface area contributed by atoms with E-state index in [2.05, 4.69) is 38.2 Å². The van der Waals surface area contributed by atoms with E-state index < -0.39 is 5.41 Å². The zero-order valence-electron chi connectivity index (χ0n) is 14.4. The molecule has 1 saturated heterocycles. The lowest BCUT2D eigenvalue weighted by Gasteiger charge is -2.35. The molecule has 1 aliphatic heterocycles. The minimum Gasteiger partial charge on any atom is -0.369 e. The summed E-state index contributed by atoms with van der Waals surface area (Å²) >= 11 is 0. The number of primary amides is 1. The lowest BCUT2D eigenvalue weighted by molar-refractivity contribution is -0.124. The van der Waals surface area contributed by atoms with Gasteiger partial charge < -0.3 is 11.1 Å². The van der Waals surface area contributed by atoms with Crippen LogP contribution in [-0.4, -0.2) is 28.3 Å². The summed E-state index contributed by atoms with van der Waals surface area (Å²) in [6.45, 7) is 7.22. The molecule has 2 aromatic rings. The molecule has 1 aliphatic rings. The summed E-state index contributed by atoms with van der Waals surface area (Å²) in [6.07, 6.45) is 2.08. The lowest BCUT2D eigenvalue weighted by Crippen LogP contribution is -2.49. The number of hydrogen-bond acceptors (Lipinski definition) is 3. The number of hydrogen-bond donors (Lipinski definition) is 2. The van der Waals surface area contributed by atoms with Crippen LogP contribution in [0.4, 0.5) is 0 Å². The number of nitrogens with one attached hydrogen (secondary N) is 1. The van der Waals surface area contributed by atoms with Gasteiger partial charge in [0.15, 0.2) is 0 Å². The van der Waals surface area contributed by atoms with Crippen molar-refractivity contribution in [3.8, 4) is 0 Å². The van der Waals surface area contributed by atoms with Crippen molar-refractivity contribution >= 4 is 16.8 Å². The van der Waals surface area contributed by atoms with Gasteiger partial charge in [-0.05, 0) is 31.9 Å². The van der Waals surface area contributed by atoms with Crippen molar-refractivity contribution in [1.82, 2.24) is 15.1 Å². The Morgan fingerprint density at radius 1 is 1.48 bits per heavy atom. The molecule has 0 bridgehead atoms. The largest absolute Gasteiger partial charge is 0.369 e. The molecule has 1 amide bonds. The van der Waals surface area contributed by atoms with Crippen LogP contribution in [0.2, 0.25) is 0 Å². The Hall–Kier alpha value is -1.88. The monoisotopic (exact) mass is 314 g/mol. The third kappa shape index (κ3) is 2.53. The van der Waals surface area contributed by atoms with E-state index in [0.717, 1.165) is 36.0 Å². The van der Waals surface area contributed by atoms with Gasteiger partial charge in [-0.2, -0.15) is 5.10 Å². The molecule has 2 unspecified atom stereocenters. The van der Waals surface area contributed by atoms with Crippen LogP contribution in [-0.2, 0) is 17.3 Å². The first-order valence-electron chi connectivity index (χ1n) is 8.29. The van der Waals surface area contributed by atoms with E-state index in [1.165, 1.54) is 5.56 Å². The highest BCUT2D eigenvalue weighted by atomic mass is 16.1. The fraction of sp³-hybridized carbons (Fsp3) is 0.556. The molecule has 5 heteroatoms. The van der Waals surface area contributed by atoms with Crippen LogP contribution in [0.3, 0.4) is 0 Å². The standard InChI is InChI=1S/C18H26N4O/c1-11-7-5-8-12-15(11)22(4)21-16(12)18(2,3)14(17(19)23)13-9-6-10-20-13/h5,7-8,13-14,20H,6,9-10H2,1-4H3,(H2,19,23). The lowest BCUT2D eigenvalue weighted by atomic mass is 9.70. The number of carbonyl (C=O) groups excluding carboxylic acids is 1. The van der Waals surface area contributed by atoms with Crippen molar-refractivity contribution in [3.05, 3.63) is 29.5 Å². The van der Waals surface area contributed by atoms with Gasteiger partial charge in [0.2, 0.25) is 5.91 Å². The maximum atomic E-state index is 12.3. The van der Waals surface area contributed by atoms with Gasteiger partial charge >= 0.3 is 0 Å². The van der Waals surface area contributed by atoms with E-state index in [0.29, 0.717) is 0 Å². The van der Waals surface area contributed by atoms with Gasteiger partial charge in [0, 0.05) is 23.9 Å². The third-order valence-electron chi connectivity index (χ3n) is 5.26. The van der Waals surface area contributed by atoms with Gasteiger partial charge in [0.1, 0.15) is 0 Å². The second-order valence-electron chi connectivity index (χ2n) is 7.25. The summed E-state index contributed by atoms with van der Waals surface area (Å²) in [6, 6.07) is 6.35.